The van der Waals surface area contributed by atoms with E-state index in [1.54, 1.807) is 53.4 Å². The molecule has 2 amide bonds. The molecule has 0 aliphatic carbocycles. The molecular weight excluding hydrogens is 798 g/mol. The minimum atomic E-state index is -4.45. The maximum absolute atomic E-state index is 13.4. The van der Waals surface area contributed by atoms with Crippen molar-refractivity contribution in [2.45, 2.75) is 56.5 Å². The average Bonchev–Trinajstić information content (AvgIpc) is 3.85. The summed E-state index contributed by atoms with van der Waals surface area (Å²) in [7, 11) is 0. The van der Waals surface area contributed by atoms with Gasteiger partial charge in [-0.1, -0.05) is 41.6 Å². The van der Waals surface area contributed by atoms with Crippen LogP contribution in [0.3, 0.4) is 0 Å². The second-order valence-corrected chi connectivity index (χ2v) is 15.3. The Morgan fingerprint density at radius 3 is 2.26 bits per heavy atom. The fourth-order valence-electron chi connectivity index (χ4n) is 8.10. The average molecular weight is 843 g/mol. The highest BCUT2D eigenvalue weighted by Crippen LogP contribution is 2.45. The summed E-state index contributed by atoms with van der Waals surface area (Å²) in [4.78, 5) is 36.3. The summed E-state index contributed by atoms with van der Waals surface area (Å²) in [5.74, 6) is -0.0563. The van der Waals surface area contributed by atoms with Gasteiger partial charge in [-0.2, -0.15) is 18.2 Å². The van der Waals surface area contributed by atoms with E-state index in [-0.39, 0.29) is 30.1 Å². The van der Waals surface area contributed by atoms with Crippen LogP contribution in [0.25, 0.3) is 22.8 Å². The zero-order valence-electron chi connectivity index (χ0n) is 32.8. The van der Waals surface area contributed by atoms with Crippen LogP contribution < -0.4 is 16.0 Å². The van der Waals surface area contributed by atoms with Gasteiger partial charge in [0.15, 0.2) is 0 Å². The van der Waals surface area contributed by atoms with E-state index in [1.165, 1.54) is 17.0 Å². The van der Waals surface area contributed by atoms with Crippen LogP contribution in [0.2, 0.25) is 0 Å². The number of aliphatic hydroxyl groups excluding tert-OH is 4. The second-order valence-electron chi connectivity index (χ2n) is 15.3. The highest BCUT2D eigenvalue weighted by atomic mass is 19.4. The lowest BCUT2D eigenvalue weighted by atomic mass is 10.0. The number of piperazine rings is 1. The Bertz CT molecular complexity index is 2340. The molecule has 0 radical (unpaired) electrons. The van der Waals surface area contributed by atoms with Crippen LogP contribution in [-0.2, 0) is 12.7 Å². The Morgan fingerprint density at radius 1 is 0.820 bits per heavy atom. The predicted molar refractivity (Wildman–Crippen MR) is 215 cm³/mol. The van der Waals surface area contributed by atoms with Gasteiger partial charge in [-0.3, -0.25) is 19.8 Å². The minimum Gasteiger partial charge on any atom is -0.383 e. The number of nitrogens with zero attached hydrogens (tertiary/aromatic N) is 5. The fourth-order valence-corrected chi connectivity index (χ4v) is 8.10. The first-order valence-electron chi connectivity index (χ1n) is 20.0. The van der Waals surface area contributed by atoms with E-state index in [1.807, 2.05) is 18.2 Å². The largest absolute Gasteiger partial charge is 0.416 e. The second kappa shape index (κ2) is 17.7. The number of carbonyl (C=O) groups excluding carboxylic acids is 2. The Balaban J connectivity index is 0.789. The molecule has 320 valence electrons. The number of amides is 2. The van der Waals surface area contributed by atoms with Gasteiger partial charge in [-0.25, -0.2) is 4.90 Å². The zero-order valence-corrected chi connectivity index (χ0v) is 32.8. The molecule has 5 atom stereocenters. The number of anilines is 1. The lowest BCUT2D eigenvalue weighted by Gasteiger charge is -2.40. The summed E-state index contributed by atoms with van der Waals surface area (Å²) in [6.45, 7) is 3.50. The van der Waals surface area contributed by atoms with Gasteiger partial charge in [-0.15, -0.1) is 0 Å². The first-order valence-corrected chi connectivity index (χ1v) is 20.0. The Hall–Kier alpha value is -5.73. The lowest BCUT2D eigenvalue weighted by Crippen LogP contribution is -2.57. The number of fused-ring (bicyclic) bond motifs is 1. The monoisotopic (exact) mass is 842 g/mol. The number of benzene rings is 4. The number of carbonyl (C=O) groups is 2. The number of aliphatic hydroxyl groups is 4. The van der Waals surface area contributed by atoms with Gasteiger partial charge in [0, 0.05) is 84.9 Å². The van der Waals surface area contributed by atoms with Crippen molar-refractivity contribution in [3.63, 3.8) is 0 Å². The number of nitrogens with one attached hydrogen (secondary N) is 3. The summed E-state index contributed by atoms with van der Waals surface area (Å²) >= 11 is 0. The third-order valence-corrected chi connectivity index (χ3v) is 11.3. The molecule has 1 aromatic heterocycles. The van der Waals surface area contributed by atoms with Crippen LogP contribution in [0.1, 0.15) is 68.3 Å². The lowest BCUT2D eigenvalue weighted by molar-refractivity contribution is -0.158. The summed E-state index contributed by atoms with van der Waals surface area (Å²) in [6.07, 6.45) is -8.05. The molecule has 4 heterocycles. The molecule has 15 nitrogen and oxygen atoms in total. The maximum Gasteiger partial charge on any atom is 0.416 e. The van der Waals surface area contributed by atoms with E-state index in [0.29, 0.717) is 91.2 Å². The minimum absolute atomic E-state index is 0.124. The van der Waals surface area contributed by atoms with Crippen molar-refractivity contribution in [1.29, 1.82) is 0 Å². The molecular formula is C43H45F3N8O7. The quantitative estimate of drug-likeness (QED) is 0.0946. The molecule has 7 N–H and O–H groups in total. The van der Waals surface area contributed by atoms with E-state index in [0.717, 1.165) is 17.7 Å². The van der Waals surface area contributed by atoms with Crippen molar-refractivity contribution >= 4 is 17.5 Å². The molecule has 5 unspecified atom stereocenters. The van der Waals surface area contributed by atoms with E-state index in [4.69, 9.17) is 4.52 Å². The van der Waals surface area contributed by atoms with Crippen LogP contribution in [-0.4, -0.2) is 115 Å². The van der Waals surface area contributed by atoms with Gasteiger partial charge in [0.05, 0.1) is 11.6 Å². The third kappa shape index (κ3) is 9.15. The van der Waals surface area contributed by atoms with Crippen molar-refractivity contribution in [2.75, 3.05) is 44.6 Å². The highest BCUT2D eigenvalue weighted by Gasteiger charge is 2.45. The number of hydrogen-bond donors (Lipinski definition) is 7. The number of aromatic nitrogens is 2. The standard InChI is InChI=1S/C43H45F3N8O7/c44-43(45,46)30-13-11-26(12-14-30)36-50-39(61-51-36)27-7-9-28(10-8-27)40(58)53-21-19-52(20-22-53)24-25-3-1-4-29(23-25)37(56)48-18-17-47-32-6-2-5-31-35(32)42(60)54(41(31)59)33-15-16-34(55)49-38(33)57/h1-14,23,33-34,38,41-42,47,49,55,57,59-60H,15-22,24H2,(H,48,56). The number of hydrogen-bond acceptors (Lipinski definition) is 13. The molecule has 61 heavy (non-hydrogen) atoms. The molecule has 2 saturated heterocycles. The van der Waals surface area contributed by atoms with Gasteiger partial charge in [-0.05, 0) is 73.0 Å². The van der Waals surface area contributed by atoms with Crippen molar-refractivity contribution in [3.05, 3.63) is 124 Å². The molecule has 0 saturated carbocycles. The smallest absolute Gasteiger partial charge is 0.383 e. The molecule has 18 heteroatoms. The fraction of sp³-hybridized carbons (Fsp3) is 0.349. The molecule has 0 bridgehead atoms. The SMILES string of the molecule is O=C(NCCNc1cccc2c1C(O)N(C1CCC(O)NC1O)C2O)c1cccc(CN2CCN(C(=O)c3ccc(-c4nc(-c5ccc(C(F)(F)F)cc5)no4)cc3)CC2)c1. The third-order valence-electron chi connectivity index (χ3n) is 11.3. The number of rotatable bonds is 11. The van der Waals surface area contributed by atoms with Crippen LogP contribution in [0.15, 0.2) is 95.5 Å². The maximum atomic E-state index is 13.4. The summed E-state index contributed by atoms with van der Waals surface area (Å²) in [5.41, 5.74) is 3.70. The van der Waals surface area contributed by atoms with Crippen molar-refractivity contribution in [2.24, 2.45) is 0 Å². The van der Waals surface area contributed by atoms with Crippen LogP contribution in [0.5, 0.6) is 0 Å². The van der Waals surface area contributed by atoms with E-state index in [9.17, 15) is 43.2 Å². The van der Waals surface area contributed by atoms with Gasteiger partial charge in [0.1, 0.15) is 24.9 Å². The van der Waals surface area contributed by atoms with Gasteiger partial charge < -0.3 is 40.5 Å². The van der Waals surface area contributed by atoms with Gasteiger partial charge in [0.2, 0.25) is 5.82 Å². The molecule has 4 aromatic carbocycles. The summed E-state index contributed by atoms with van der Waals surface area (Å²) in [5, 5.41) is 55.4. The highest BCUT2D eigenvalue weighted by molar-refractivity contribution is 5.95. The van der Waals surface area contributed by atoms with Crippen LogP contribution in [0, 0.1) is 0 Å². The Kier molecular flexibility index (Phi) is 12.2. The number of halogens is 3. The van der Waals surface area contributed by atoms with E-state index in [2.05, 4.69) is 31.0 Å². The molecule has 3 aliphatic heterocycles. The first kappa shape index (κ1) is 42.0. The predicted octanol–water partition coefficient (Wildman–Crippen LogP) is 3.91. The van der Waals surface area contributed by atoms with Gasteiger partial charge in [0.25, 0.3) is 17.7 Å². The van der Waals surface area contributed by atoms with Crippen molar-refractivity contribution in [3.8, 4) is 22.8 Å². The molecule has 8 rings (SSSR count). The molecule has 2 fully saturated rings. The molecule has 3 aliphatic rings. The van der Waals surface area contributed by atoms with Gasteiger partial charge >= 0.3 is 6.18 Å². The Labute approximate surface area is 348 Å². The van der Waals surface area contributed by atoms with E-state index >= 15 is 0 Å². The van der Waals surface area contributed by atoms with Crippen LogP contribution in [0.4, 0.5) is 18.9 Å². The van der Waals surface area contributed by atoms with Crippen molar-refractivity contribution < 1.29 is 47.7 Å². The zero-order chi connectivity index (χ0) is 42.8. The van der Waals surface area contributed by atoms with Crippen LogP contribution >= 0.6 is 0 Å². The number of alkyl halides is 3. The van der Waals surface area contributed by atoms with Crippen molar-refractivity contribution in [1.82, 2.24) is 35.5 Å². The topological polar surface area (TPSA) is 200 Å². The molecule has 5 aromatic rings. The number of piperidine rings is 1. The Morgan fingerprint density at radius 2 is 1.54 bits per heavy atom. The molecule has 0 spiro atoms. The summed E-state index contributed by atoms with van der Waals surface area (Å²) < 4.78 is 44.1. The summed E-state index contributed by atoms with van der Waals surface area (Å²) in [6, 6.07) is 23.2. The normalized spacial score (nSPS) is 22.2. The van der Waals surface area contributed by atoms with E-state index < -0.39 is 42.7 Å². The first-order chi connectivity index (χ1) is 29.3.